The minimum absolute atomic E-state index is 0.00935. The van der Waals surface area contributed by atoms with E-state index in [0.717, 1.165) is 43.4 Å². The number of carboxylic acids is 1. The lowest BCUT2D eigenvalue weighted by Crippen LogP contribution is -2.32. The number of aromatic nitrogens is 4. The maximum atomic E-state index is 12.7. The highest BCUT2D eigenvalue weighted by molar-refractivity contribution is 5.96. The van der Waals surface area contributed by atoms with E-state index in [1.54, 1.807) is 12.1 Å². The number of nitrogens with one attached hydrogen (secondary N) is 2. The fourth-order valence-corrected chi connectivity index (χ4v) is 3.94. The zero-order valence-electron chi connectivity index (χ0n) is 18.3. The molecular weight excluding hydrogens is 424 g/mol. The van der Waals surface area contributed by atoms with Crippen LogP contribution in [0, 0.1) is 5.41 Å². The Balaban J connectivity index is 1.78. The number of rotatable bonds is 7. The summed E-state index contributed by atoms with van der Waals surface area (Å²) in [5.74, 6) is -0.283. The zero-order chi connectivity index (χ0) is 23.5. The van der Waals surface area contributed by atoms with Gasteiger partial charge in [0.05, 0.1) is 6.42 Å². The summed E-state index contributed by atoms with van der Waals surface area (Å²) in [5, 5.41) is 19.0. The normalized spacial score (nSPS) is 13.8. The third-order valence-electron chi connectivity index (χ3n) is 5.65. The SMILES string of the molecule is Cn1c(-c2ccc(C(=N)N)cc2)nc2nc(C(=O)NCCC(=O)O)nc(N3CCCCC3)c21. The van der Waals surface area contributed by atoms with Gasteiger partial charge in [0.2, 0.25) is 5.82 Å². The number of carbonyl (C=O) groups excluding carboxylic acids is 1. The number of hydrogen-bond donors (Lipinski definition) is 4. The molecule has 1 aliphatic rings. The van der Waals surface area contributed by atoms with Crippen LogP contribution in [0.4, 0.5) is 5.82 Å². The van der Waals surface area contributed by atoms with Gasteiger partial charge in [0.1, 0.15) is 17.2 Å². The van der Waals surface area contributed by atoms with Crippen LogP contribution in [-0.4, -0.2) is 62.0 Å². The first kappa shape index (κ1) is 22.2. The van der Waals surface area contributed by atoms with Crippen LogP contribution in [0.3, 0.4) is 0 Å². The largest absolute Gasteiger partial charge is 0.481 e. The lowest BCUT2D eigenvalue weighted by atomic mass is 10.1. The van der Waals surface area contributed by atoms with Crippen molar-refractivity contribution in [2.24, 2.45) is 12.8 Å². The van der Waals surface area contributed by atoms with E-state index in [2.05, 4.69) is 20.2 Å². The molecule has 33 heavy (non-hydrogen) atoms. The molecule has 0 spiro atoms. The Hall–Kier alpha value is -4.02. The number of amides is 1. The Labute approximate surface area is 190 Å². The maximum Gasteiger partial charge on any atom is 0.305 e. The summed E-state index contributed by atoms with van der Waals surface area (Å²) in [4.78, 5) is 39.2. The van der Waals surface area contributed by atoms with Gasteiger partial charge in [0, 0.05) is 37.8 Å². The topological polar surface area (TPSA) is 163 Å². The van der Waals surface area contributed by atoms with Crippen molar-refractivity contribution >= 4 is 34.7 Å². The van der Waals surface area contributed by atoms with Gasteiger partial charge in [0.15, 0.2) is 11.5 Å². The van der Waals surface area contributed by atoms with Crippen molar-refractivity contribution in [1.82, 2.24) is 24.8 Å². The van der Waals surface area contributed by atoms with Gasteiger partial charge in [-0.1, -0.05) is 24.3 Å². The molecule has 1 amide bonds. The van der Waals surface area contributed by atoms with Gasteiger partial charge in [-0.2, -0.15) is 0 Å². The summed E-state index contributed by atoms with van der Waals surface area (Å²) in [7, 11) is 1.88. The van der Waals surface area contributed by atoms with Gasteiger partial charge in [-0.05, 0) is 19.3 Å². The predicted octanol–water partition coefficient (Wildman–Crippen LogP) is 1.51. The van der Waals surface area contributed by atoms with Crippen molar-refractivity contribution in [2.75, 3.05) is 24.5 Å². The Morgan fingerprint density at radius 1 is 1.12 bits per heavy atom. The number of benzene rings is 1. The van der Waals surface area contributed by atoms with Crippen LogP contribution in [0.2, 0.25) is 0 Å². The number of nitrogens with two attached hydrogens (primary N) is 1. The highest BCUT2D eigenvalue weighted by atomic mass is 16.4. The molecule has 1 saturated heterocycles. The molecule has 1 fully saturated rings. The number of imidazole rings is 1. The number of aliphatic carboxylic acids is 1. The van der Waals surface area contributed by atoms with E-state index >= 15 is 0 Å². The first-order chi connectivity index (χ1) is 15.8. The molecule has 0 aliphatic carbocycles. The Kier molecular flexibility index (Phi) is 6.20. The van der Waals surface area contributed by atoms with Gasteiger partial charge < -0.3 is 25.6 Å². The number of carboxylic acid groups (broad SMARTS) is 1. The average Bonchev–Trinajstić information content (AvgIpc) is 3.15. The predicted molar refractivity (Wildman–Crippen MR) is 123 cm³/mol. The van der Waals surface area contributed by atoms with Crippen molar-refractivity contribution in [2.45, 2.75) is 25.7 Å². The number of carbonyl (C=O) groups is 2. The lowest BCUT2D eigenvalue weighted by Gasteiger charge is -2.28. The van der Waals surface area contributed by atoms with Crippen molar-refractivity contribution in [3.63, 3.8) is 0 Å². The molecule has 11 heteroatoms. The number of piperidine rings is 1. The van der Waals surface area contributed by atoms with Crippen LogP contribution < -0.4 is 16.0 Å². The third kappa shape index (κ3) is 4.61. The van der Waals surface area contributed by atoms with Crippen molar-refractivity contribution < 1.29 is 14.7 Å². The van der Waals surface area contributed by atoms with Gasteiger partial charge in [-0.15, -0.1) is 0 Å². The van der Waals surface area contributed by atoms with Crippen LogP contribution >= 0.6 is 0 Å². The summed E-state index contributed by atoms with van der Waals surface area (Å²) < 4.78 is 1.91. The summed E-state index contributed by atoms with van der Waals surface area (Å²) in [5.41, 5.74) is 8.11. The monoisotopic (exact) mass is 450 g/mol. The molecule has 172 valence electrons. The van der Waals surface area contributed by atoms with Gasteiger partial charge in [0.25, 0.3) is 5.91 Å². The molecule has 1 aliphatic heterocycles. The highest BCUT2D eigenvalue weighted by Gasteiger charge is 2.24. The summed E-state index contributed by atoms with van der Waals surface area (Å²) in [6.45, 7) is 1.63. The zero-order valence-corrected chi connectivity index (χ0v) is 18.3. The third-order valence-corrected chi connectivity index (χ3v) is 5.65. The van der Waals surface area contributed by atoms with Crippen molar-refractivity contribution in [3.05, 3.63) is 35.7 Å². The van der Waals surface area contributed by atoms with E-state index in [9.17, 15) is 9.59 Å². The molecule has 0 saturated carbocycles. The van der Waals surface area contributed by atoms with Crippen LogP contribution in [0.5, 0.6) is 0 Å². The smallest absolute Gasteiger partial charge is 0.305 e. The number of amidine groups is 1. The van der Waals surface area contributed by atoms with Gasteiger partial charge >= 0.3 is 5.97 Å². The summed E-state index contributed by atoms with van der Waals surface area (Å²) >= 11 is 0. The number of anilines is 1. The van der Waals surface area contributed by atoms with E-state index in [1.807, 2.05) is 23.7 Å². The Bertz CT molecular complexity index is 1210. The van der Waals surface area contributed by atoms with E-state index in [4.69, 9.17) is 21.2 Å². The van der Waals surface area contributed by atoms with Crippen LogP contribution in [0.1, 0.15) is 41.9 Å². The molecule has 0 atom stereocenters. The maximum absolute atomic E-state index is 12.7. The molecular formula is C22H26N8O3. The molecule has 0 bridgehead atoms. The lowest BCUT2D eigenvalue weighted by molar-refractivity contribution is -0.136. The van der Waals surface area contributed by atoms with Crippen LogP contribution in [0.15, 0.2) is 24.3 Å². The fraction of sp³-hybridized carbons (Fsp3) is 0.364. The second-order valence-electron chi connectivity index (χ2n) is 7.98. The van der Waals surface area contributed by atoms with E-state index in [0.29, 0.717) is 22.9 Å². The van der Waals surface area contributed by atoms with Crippen LogP contribution in [-0.2, 0) is 11.8 Å². The van der Waals surface area contributed by atoms with E-state index in [1.165, 1.54) is 0 Å². The molecule has 0 unspecified atom stereocenters. The molecule has 4 rings (SSSR count). The molecule has 2 aromatic heterocycles. The van der Waals surface area contributed by atoms with E-state index < -0.39 is 11.9 Å². The Morgan fingerprint density at radius 2 is 1.82 bits per heavy atom. The number of hydrogen-bond acceptors (Lipinski definition) is 7. The summed E-state index contributed by atoms with van der Waals surface area (Å²) in [6, 6.07) is 7.20. The van der Waals surface area contributed by atoms with Crippen molar-refractivity contribution in [1.29, 1.82) is 5.41 Å². The number of nitrogens with zero attached hydrogens (tertiary/aromatic N) is 5. The number of fused-ring (bicyclic) bond motifs is 1. The minimum atomic E-state index is -0.995. The standard InChI is InChI=1S/C22H26N8O3/c1-29-16-18(27-20(29)14-7-5-13(6-8-14)17(23)24)26-19(22(33)25-10-9-15(31)32)28-21(16)30-11-3-2-4-12-30/h5-8H,2-4,9-12H2,1H3,(H3,23,24)(H,25,33)(H,31,32). The van der Waals surface area contributed by atoms with Gasteiger partial charge in [-0.25, -0.2) is 15.0 Å². The van der Waals surface area contributed by atoms with Crippen LogP contribution in [0.25, 0.3) is 22.6 Å². The van der Waals surface area contributed by atoms with E-state index in [-0.39, 0.29) is 24.6 Å². The molecule has 0 radical (unpaired) electrons. The molecule has 3 aromatic rings. The summed E-state index contributed by atoms with van der Waals surface area (Å²) in [6.07, 6.45) is 3.02. The molecule has 3 heterocycles. The second-order valence-corrected chi connectivity index (χ2v) is 7.98. The molecule has 5 N–H and O–H groups in total. The first-order valence-corrected chi connectivity index (χ1v) is 10.8. The first-order valence-electron chi connectivity index (χ1n) is 10.8. The quantitative estimate of drug-likeness (QED) is 0.311. The average molecular weight is 451 g/mol. The number of aryl methyl sites for hydroxylation is 1. The van der Waals surface area contributed by atoms with Crippen molar-refractivity contribution in [3.8, 4) is 11.4 Å². The molecule has 1 aromatic carbocycles. The minimum Gasteiger partial charge on any atom is -0.481 e. The molecule has 11 nitrogen and oxygen atoms in total. The van der Waals surface area contributed by atoms with Gasteiger partial charge in [-0.3, -0.25) is 15.0 Å². The second kappa shape index (κ2) is 9.23. The highest BCUT2D eigenvalue weighted by Crippen LogP contribution is 2.30. The Morgan fingerprint density at radius 3 is 2.45 bits per heavy atom. The number of nitrogen functional groups attached to an aromatic ring is 1. The fourth-order valence-electron chi connectivity index (χ4n) is 3.94.